The third-order valence-corrected chi connectivity index (χ3v) is 4.21. The van der Waals surface area contributed by atoms with Gasteiger partial charge in [-0.3, -0.25) is 9.59 Å². The van der Waals surface area contributed by atoms with Crippen molar-refractivity contribution in [2.75, 3.05) is 19.8 Å². The van der Waals surface area contributed by atoms with Crippen molar-refractivity contribution in [3.63, 3.8) is 0 Å². The molecule has 1 unspecified atom stereocenters. The number of esters is 1. The number of ether oxygens (including phenoxy) is 2. The van der Waals surface area contributed by atoms with Crippen LogP contribution in [-0.2, 0) is 14.3 Å². The number of rotatable bonds is 9. The molecule has 0 radical (unpaired) electrons. The summed E-state index contributed by atoms with van der Waals surface area (Å²) in [5.41, 5.74) is 2.16. The van der Waals surface area contributed by atoms with Crippen LogP contribution in [0.15, 0.2) is 18.2 Å². The van der Waals surface area contributed by atoms with Gasteiger partial charge in [-0.25, -0.2) is 0 Å². The van der Waals surface area contributed by atoms with Crippen LogP contribution in [-0.4, -0.2) is 42.6 Å². The molecule has 0 aliphatic rings. The molecule has 0 saturated carbocycles. The molecule has 1 aromatic rings. The zero-order valence-electron chi connectivity index (χ0n) is 15.4. The van der Waals surface area contributed by atoms with Gasteiger partial charge in [0.05, 0.1) is 13.0 Å². The summed E-state index contributed by atoms with van der Waals surface area (Å²) in [5.74, 6) is 0.321. The average molecular weight is 335 g/mol. The Hall–Kier alpha value is -2.04. The molecule has 1 atom stereocenters. The highest BCUT2D eigenvalue weighted by atomic mass is 16.5. The lowest BCUT2D eigenvalue weighted by Gasteiger charge is -2.28. The van der Waals surface area contributed by atoms with Gasteiger partial charge in [-0.15, -0.1) is 0 Å². The van der Waals surface area contributed by atoms with Crippen molar-refractivity contribution in [3.8, 4) is 5.75 Å². The lowest BCUT2D eigenvalue weighted by Crippen LogP contribution is -2.42. The van der Waals surface area contributed by atoms with E-state index in [1.54, 1.807) is 11.8 Å². The Balaban J connectivity index is 2.67. The van der Waals surface area contributed by atoms with Gasteiger partial charge in [0, 0.05) is 12.6 Å². The minimum absolute atomic E-state index is 0.0303. The molecule has 0 saturated heterocycles. The summed E-state index contributed by atoms with van der Waals surface area (Å²) in [4.78, 5) is 25.8. The van der Waals surface area contributed by atoms with Gasteiger partial charge < -0.3 is 14.4 Å². The van der Waals surface area contributed by atoms with E-state index in [1.165, 1.54) is 0 Å². The number of benzene rings is 1. The maximum Gasteiger partial charge on any atom is 0.307 e. The summed E-state index contributed by atoms with van der Waals surface area (Å²) in [6, 6.07) is 5.83. The van der Waals surface area contributed by atoms with Crippen LogP contribution in [0.2, 0.25) is 0 Å². The molecule has 0 bridgehead atoms. The normalized spacial score (nSPS) is 11.7. The topological polar surface area (TPSA) is 55.8 Å². The number of carbonyl (C=O) groups excluding carboxylic acids is 2. The number of amides is 1. The highest BCUT2D eigenvalue weighted by molar-refractivity contribution is 5.79. The summed E-state index contributed by atoms with van der Waals surface area (Å²) in [6.07, 6.45) is 1.02. The lowest BCUT2D eigenvalue weighted by atomic mass is 10.1. The van der Waals surface area contributed by atoms with Crippen LogP contribution in [0.4, 0.5) is 0 Å². The van der Waals surface area contributed by atoms with Gasteiger partial charge in [0.1, 0.15) is 5.75 Å². The second kappa shape index (κ2) is 9.96. The Labute approximate surface area is 144 Å². The Bertz CT molecular complexity index is 556. The predicted octanol–water partition coefficient (Wildman–Crippen LogP) is 3.26. The largest absolute Gasteiger partial charge is 0.483 e. The van der Waals surface area contributed by atoms with Gasteiger partial charge in [0.25, 0.3) is 5.91 Å². The number of aryl methyl sites for hydroxylation is 1. The molecule has 0 spiro atoms. The highest BCUT2D eigenvalue weighted by Gasteiger charge is 2.21. The van der Waals surface area contributed by atoms with Crippen molar-refractivity contribution in [3.05, 3.63) is 29.3 Å². The molecule has 0 N–H and O–H groups in total. The minimum atomic E-state index is -0.283. The molecule has 5 heteroatoms. The van der Waals surface area contributed by atoms with Gasteiger partial charge in [-0.2, -0.15) is 0 Å². The molecule has 1 rings (SSSR count). The average Bonchev–Trinajstić information content (AvgIpc) is 2.56. The van der Waals surface area contributed by atoms with Gasteiger partial charge in [-0.05, 0) is 51.3 Å². The van der Waals surface area contributed by atoms with Gasteiger partial charge in [-0.1, -0.05) is 19.1 Å². The molecule has 0 aliphatic carbocycles. The molecule has 134 valence electrons. The third kappa shape index (κ3) is 5.87. The smallest absolute Gasteiger partial charge is 0.307 e. The number of hydrogen-bond donors (Lipinski definition) is 0. The van der Waals surface area contributed by atoms with E-state index >= 15 is 0 Å². The molecule has 1 aromatic carbocycles. The van der Waals surface area contributed by atoms with E-state index in [4.69, 9.17) is 9.47 Å². The Morgan fingerprint density at radius 1 is 1.21 bits per heavy atom. The molecule has 0 fully saturated rings. The van der Waals surface area contributed by atoms with E-state index in [2.05, 4.69) is 0 Å². The fourth-order valence-electron chi connectivity index (χ4n) is 2.36. The molecule has 0 heterocycles. The fourth-order valence-corrected chi connectivity index (χ4v) is 2.36. The van der Waals surface area contributed by atoms with Crippen molar-refractivity contribution in [2.45, 2.75) is 53.5 Å². The zero-order chi connectivity index (χ0) is 18.1. The highest BCUT2D eigenvalue weighted by Crippen LogP contribution is 2.20. The molecular weight excluding hydrogens is 306 g/mol. The quantitative estimate of drug-likeness (QED) is 0.650. The monoisotopic (exact) mass is 335 g/mol. The molecule has 0 aliphatic heterocycles. The minimum Gasteiger partial charge on any atom is -0.483 e. The summed E-state index contributed by atoms with van der Waals surface area (Å²) < 4.78 is 10.6. The van der Waals surface area contributed by atoms with Crippen LogP contribution in [0.1, 0.15) is 44.7 Å². The van der Waals surface area contributed by atoms with Crippen molar-refractivity contribution in [1.82, 2.24) is 4.90 Å². The maximum atomic E-state index is 12.5. The van der Waals surface area contributed by atoms with Crippen molar-refractivity contribution >= 4 is 11.9 Å². The Morgan fingerprint density at radius 3 is 2.54 bits per heavy atom. The van der Waals surface area contributed by atoms with Crippen LogP contribution < -0.4 is 4.74 Å². The molecular formula is C19H29NO4. The summed E-state index contributed by atoms with van der Waals surface area (Å²) >= 11 is 0. The first kappa shape index (κ1) is 20.0. The van der Waals surface area contributed by atoms with Crippen LogP contribution in [0.3, 0.4) is 0 Å². The van der Waals surface area contributed by atoms with E-state index in [9.17, 15) is 9.59 Å². The zero-order valence-corrected chi connectivity index (χ0v) is 15.4. The Morgan fingerprint density at radius 2 is 1.92 bits per heavy atom. The number of hydrogen-bond acceptors (Lipinski definition) is 4. The Kier molecular flexibility index (Phi) is 8.30. The first-order valence-corrected chi connectivity index (χ1v) is 8.54. The van der Waals surface area contributed by atoms with E-state index < -0.39 is 0 Å². The second-order valence-corrected chi connectivity index (χ2v) is 5.89. The van der Waals surface area contributed by atoms with Crippen molar-refractivity contribution < 1.29 is 19.1 Å². The molecule has 5 nitrogen and oxygen atoms in total. The van der Waals surface area contributed by atoms with Crippen molar-refractivity contribution in [1.29, 1.82) is 0 Å². The molecule has 24 heavy (non-hydrogen) atoms. The second-order valence-electron chi connectivity index (χ2n) is 5.89. The maximum absolute atomic E-state index is 12.5. The van der Waals surface area contributed by atoms with Gasteiger partial charge in [0.2, 0.25) is 0 Å². The van der Waals surface area contributed by atoms with Crippen LogP contribution >= 0.6 is 0 Å². The van der Waals surface area contributed by atoms with Crippen LogP contribution in [0, 0.1) is 13.8 Å². The molecule has 0 aromatic heterocycles. The summed E-state index contributed by atoms with van der Waals surface area (Å²) in [6.45, 7) is 10.4. The predicted molar refractivity (Wildman–Crippen MR) is 94.1 cm³/mol. The molecule has 1 amide bonds. The van der Waals surface area contributed by atoms with E-state index in [-0.39, 0.29) is 30.9 Å². The fraction of sp³-hybridized carbons (Fsp3) is 0.579. The summed E-state index contributed by atoms with van der Waals surface area (Å²) in [5, 5.41) is 0. The third-order valence-electron chi connectivity index (χ3n) is 4.21. The van der Waals surface area contributed by atoms with E-state index in [0.717, 1.165) is 23.3 Å². The first-order chi connectivity index (χ1) is 11.4. The lowest BCUT2D eigenvalue weighted by molar-refractivity contribution is -0.144. The summed E-state index contributed by atoms with van der Waals surface area (Å²) in [7, 11) is 0. The standard InChI is InChI=1S/C19H29NO4/c1-6-15(4)20(12-11-19(22)23-7-2)18(21)13-24-17-10-8-9-14(3)16(17)5/h8-10,15H,6-7,11-13H2,1-5H3. The van der Waals surface area contributed by atoms with E-state index in [1.807, 2.05) is 45.9 Å². The van der Waals surface area contributed by atoms with Crippen LogP contribution in [0.25, 0.3) is 0 Å². The SMILES string of the molecule is CCOC(=O)CCN(C(=O)COc1cccc(C)c1C)C(C)CC. The van der Waals surface area contributed by atoms with E-state index in [0.29, 0.717) is 13.2 Å². The number of carbonyl (C=O) groups is 2. The van der Waals surface area contributed by atoms with Crippen LogP contribution in [0.5, 0.6) is 5.75 Å². The number of nitrogens with zero attached hydrogens (tertiary/aromatic N) is 1. The van der Waals surface area contributed by atoms with Gasteiger partial charge >= 0.3 is 5.97 Å². The van der Waals surface area contributed by atoms with Crippen molar-refractivity contribution in [2.24, 2.45) is 0 Å². The first-order valence-electron chi connectivity index (χ1n) is 8.54. The van der Waals surface area contributed by atoms with Gasteiger partial charge in [0.15, 0.2) is 6.61 Å².